The number of carbonyl (C=O) groups is 1. The molecule has 1 aromatic rings. The molecule has 0 aliphatic carbocycles. The van der Waals surface area contributed by atoms with Gasteiger partial charge >= 0.3 is 0 Å². The molecule has 2 N–H and O–H groups in total. The van der Waals surface area contributed by atoms with Gasteiger partial charge in [0, 0.05) is 19.0 Å². The molecule has 5 heteroatoms. The molecule has 2 aliphatic rings. The molecule has 116 valence electrons. The van der Waals surface area contributed by atoms with Gasteiger partial charge in [0.1, 0.15) is 5.75 Å². The van der Waals surface area contributed by atoms with E-state index in [1.165, 1.54) is 6.42 Å². The highest BCUT2D eigenvalue weighted by molar-refractivity contribution is 5.85. The number of benzene rings is 1. The number of nitrogens with zero attached hydrogens (tertiary/aromatic N) is 1. The first kappa shape index (κ1) is 16.1. The van der Waals surface area contributed by atoms with Crippen LogP contribution in [0.25, 0.3) is 0 Å². The Hall–Kier alpha value is -1.26. The van der Waals surface area contributed by atoms with Crippen LogP contribution in [0.5, 0.6) is 5.75 Å². The fourth-order valence-electron chi connectivity index (χ4n) is 3.29. The minimum atomic E-state index is -0.342. The lowest BCUT2D eigenvalue weighted by molar-refractivity contribution is -0.141. The molecule has 0 aromatic heterocycles. The maximum atomic E-state index is 12.7. The largest absolute Gasteiger partial charge is 0.480 e. The molecular weight excluding hydrogens is 288 g/mol. The van der Waals surface area contributed by atoms with Crippen molar-refractivity contribution in [3.05, 3.63) is 29.8 Å². The molecule has 2 heterocycles. The number of nitrogens with two attached hydrogens (primary N) is 1. The molecule has 3 rings (SSSR count). The number of ether oxygens (including phenoxy) is 1. The first-order valence-corrected chi connectivity index (χ1v) is 7.54. The molecule has 1 amide bonds. The van der Waals surface area contributed by atoms with Gasteiger partial charge in [-0.25, -0.2) is 0 Å². The van der Waals surface area contributed by atoms with E-state index in [9.17, 15) is 4.79 Å². The summed E-state index contributed by atoms with van der Waals surface area (Å²) in [5, 5.41) is 0. The molecule has 0 spiro atoms. The average Bonchev–Trinajstić information content (AvgIpc) is 2.91. The smallest absolute Gasteiger partial charge is 0.264 e. The molecule has 2 atom stereocenters. The van der Waals surface area contributed by atoms with Crippen molar-refractivity contribution in [2.75, 3.05) is 13.1 Å². The molecule has 1 saturated heterocycles. The van der Waals surface area contributed by atoms with E-state index in [1.54, 1.807) is 0 Å². The Bertz CT molecular complexity index is 468. The number of halogens is 1. The fourth-order valence-corrected chi connectivity index (χ4v) is 3.29. The molecule has 2 unspecified atom stereocenters. The van der Waals surface area contributed by atoms with Crippen molar-refractivity contribution >= 4 is 18.3 Å². The lowest BCUT2D eigenvalue weighted by Gasteiger charge is -2.37. The second-order valence-corrected chi connectivity index (χ2v) is 5.68. The summed E-state index contributed by atoms with van der Waals surface area (Å²) in [5.74, 6) is 0.998. The zero-order chi connectivity index (χ0) is 13.9. The van der Waals surface area contributed by atoms with Crippen LogP contribution < -0.4 is 10.5 Å². The molecule has 21 heavy (non-hydrogen) atoms. The van der Waals surface area contributed by atoms with Gasteiger partial charge in [-0.05, 0) is 43.9 Å². The van der Waals surface area contributed by atoms with E-state index >= 15 is 0 Å². The third-order valence-electron chi connectivity index (χ3n) is 4.33. The predicted octanol–water partition coefficient (Wildman–Crippen LogP) is 2.14. The zero-order valence-electron chi connectivity index (χ0n) is 12.2. The molecule has 1 fully saturated rings. The second kappa shape index (κ2) is 7.14. The fraction of sp³-hybridized carbons (Fsp3) is 0.562. The number of likely N-dealkylation sites (tertiary alicyclic amines) is 1. The Morgan fingerprint density at radius 2 is 2.14 bits per heavy atom. The minimum Gasteiger partial charge on any atom is -0.480 e. The van der Waals surface area contributed by atoms with Crippen LogP contribution in [0.4, 0.5) is 0 Å². The number of para-hydroxylation sites is 1. The Balaban J connectivity index is 0.00000161. The van der Waals surface area contributed by atoms with Gasteiger partial charge in [-0.1, -0.05) is 18.2 Å². The SMILES string of the molecule is Cl.NCCC1CCCCN1C(=O)C1Cc2ccccc2O1. The molecule has 0 radical (unpaired) electrons. The van der Waals surface area contributed by atoms with Gasteiger partial charge in [-0.2, -0.15) is 0 Å². The van der Waals surface area contributed by atoms with E-state index in [0.717, 1.165) is 37.1 Å². The van der Waals surface area contributed by atoms with Gasteiger partial charge in [-0.15, -0.1) is 12.4 Å². The van der Waals surface area contributed by atoms with Crippen LogP contribution in [0, 0.1) is 0 Å². The summed E-state index contributed by atoms with van der Waals surface area (Å²) in [6.07, 6.45) is 4.60. The third-order valence-corrected chi connectivity index (χ3v) is 4.33. The summed E-state index contributed by atoms with van der Waals surface area (Å²) in [5.41, 5.74) is 6.81. The molecule has 2 aliphatic heterocycles. The van der Waals surface area contributed by atoms with Gasteiger partial charge in [0.25, 0.3) is 5.91 Å². The van der Waals surface area contributed by atoms with Crippen LogP contribution in [0.2, 0.25) is 0 Å². The Kier molecular flexibility index (Phi) is 5.48. The highest BCUT2D eigenvalue weighted by atomic mass is 35.5. The van der Waals surface area contributed by atoms with Gasteiger partial charge in [0.15, 0.2) is 6.10 Å². The van der Waals surface area contributed by atoms with Crippen molar-refractivity contribution in [1.82, 2.24) is 4.90 Å². The van der Waals surface area contributed by atoms with Crippen molar-refractivity contribution in [3.63, 3.8) is 0 Å². The quantitative estimate of drug-likeness (QED) is 0.930. The van der Waals surface area contributed by atoms with Crippen molar-refractivity contribution in [1.29, 1.82) is 0 Å². The summed E-state index contributed by atoms with van der Waals surface area (Å²) < 4.78 is 5.83. The van der Waals surface area contributed by atoms with E-state index in [4.69, 9.17) is 10.5 Å². The number of hydrogen-bond acceptors (Lipinski definition) is 3. The summed E-state index contributed by atoms with van der Waals surface area (Å²) in [6, 6.07) is 8.22. The normalized spacial score (nSPS) is 24.0. The van der Waals surface area contributed by atoms with Crippen molar-refractivity contribution in [3.8, 4) is 5.75 Å². The molecule has 1 aromatic carbocycles. The number of piperidine rings is 1. The lowest BCUT2D eigenvalue weighted by Crippen LogP contribution is -2.50. The average molecular weight is 311 g/mol. The first-order chi connectivity index (χ1) is 9.79. The summed E-state index contributed by atoms with van der Waals surface area (Å²) in [4.78, 5) is 14.7. The van der Waals surface area contributed by atoms with E-state index in [-0.39, 0.29) is 24.4 Å². The lowest BCUT2D eigenvalue weighted by atomic mass is 9.98. The van der Waals surface area contributed by atoms with Gasteiger partial charge in [0.05, 0.1) is 0 Å². The minimum absolute atomic E-state index is 0. The number of amides is 1. The van der Waals surface area contributed by atoms with Crippen molar-refractivity contribution in [2.24, 2.45) is 5.73 Å². The Morgan fingerprint density at radius 1 is 1.33 bits per heavy atom. The van der Waals surface area contributed by atoms with Gasteiger partial charge in [0.2, 0.25) is 0 Å². The number of rotatable bonds is 3. The maximum Gasteiger partial charge on any atom is 0.264 e. The zero-order valence-corrected chi connectivity index (χ0v) is 13.0. The summed E-state index contributed by atoms with van der Waals surface area (Å²) >= 11 is 0. The van der Waals surface area contributed by atoms with E-state index < -0.39 is 0 Å². The van der Waals surface area contributed by atoms with Crippen LogP contribution in [-0.4, -0.2) is 36.0 Å². The number of hydrogen-bond donors (Lipinski definition) is 1. The highest BCUT2D eigenvalue weighted by Gasteiger charge is 2.35. The standard InChI is InChI=1S/C16H22N2O2.ClH/c17-9-8-13-6-3-4-10-18(13)16(19)15-11-12-5-1-2-7-14(12)20-15;/h1-2,5,7,13,15H,3-4,6,8-11,17H2;1H. The van der Waals surface area contributed by atoms with Crippen LogP contribution in [-0.2, 0) is 11.2 Å². The topological polar surface area (TPSA) is 55.6 Å². The van der Waals surface area contributed by atoms with Gasteiger partial charge in [-0.3, -0.25) is 4.79 Å². The first-order valence-electron chi connectivity index (χ1n) is 7.54. The summed E-state index contributed by atoms with van der Waals surface area (Å²) in [7, 11) is 0. The second-order valence-electron chi connectivity index (χ2n) is 5.68. The van der Waals surface area contributed by atoms with Crippen LogP contribution in [0.1, 0.15) is 31.2 Å². The molecular formula is C16H23ClN2O2. The molecule has 0 bridgehead atoms. The maximum absolute atomic E-state index is 12.7. The third kappa shape index (κ3) is 3.33. The Labute approximate surface area is 132 Å². The van der Waals surface area contributed by atoms with E-state index in [0.29, 0.717) is 19.0 Å². The predicted molar refractivity (Wildman–Crippen MR) is 84.8 cm³/mol. The van der Waals surface area contributed by atoms with E-state index in [2.05, 4.69) is 0 Å². The molecule has 0 saturated carbocycles. The Morgan fingerprint density at radius 3 is 2.90 bits per heavy atom. The van der Waals surface area contributed by atoms with Crippen LogP contribution in [0.3, 0.4) is 0 Å². The van der Waals surface area contributed by atoms with Crippen molar-refractivity contribution < 1.29 is 9.53 Å². The van der Waals surface area contributed by atoms with Crippen LogP contribution >= 0.6 is 12.4 Å². The van der Waals surface area contributed by atoms with Crippen LogP contribution in [0.15, 0.2) is 24.3 Å². The monoisotopic (exact) mass is 310 g/mol. The van der Waals surface area contributed by atoms with Crippen molar-refractivity contribution in [2.45, 2.75) is 44.2 Å². The number of fused-ring (bicyclic) bond motifs is 1. The highest BCUT2D eigenvalue weighted by Crippen LogP contribution is 2.30. The number of carbonyl (C=O) groups excluding carboxylic acids is 1. The summed E-state index contributed by atoms with van der Waals surface area (Å²) in [6.45, 7) is 1.49. The molecule has 4 nitrogen and oxygen atoms in total. The van der Waals surface area contributed by atoms with Gasteiger partial charge < -0.3 is 15.4 Å². The van der Waals surface area contributed by atoms with E-state index in [1.807, 2.05) is 29.2 Å².